The number of nitrogens with one attached hydrogen (secondary N) is 1. The lowest BCUT2D eigenvalue weighted by Gasteiger charge is -2.32. The summed E-state index contributed by atoms with van der Waals surface area (Å²) in [6.45, 7) is 6.54. The number of piperidine rings is 1. The molecule has 0 radical (unpaired) electrons. The summed E-state index contributed by atoms with van der Waals surface area (Å²) in [4.78, 5) is 11.0. The Hall–Kier alpha value is -2.30. The number of benzene rings is 1. The van der Waals surface area contributed by atoms with Crippen LogP contribution in [-0.4, -0.2) is 23.1 Å². The van der Waals surface area contributed by atoms with Gasteiger partial charge >= 0.3 is 0 Å². The molecule has 3 N–H and O–H groups in total. The number of hydrogen-bond acceptors (Lipinski definition) is 5. The van der Waals surface area contributed by atoms with Gasteiger partial charge < -0.3 is 16.0 Å². The largest absolute Gasteiger partial charge is 0.393 e. The van der Waals surface area contributed by atoms with Crippen molar-refractivity contribution in [3.8, 4) is 0 Å². The minimum absolute atomic E-state index is 0.632. The molecule has 1 aromatic carbocycles. The van der Waals surface area contributed by atoms with E-state index in [1.54, 1.807) is 6.33 Å². The SMILES string of the molecule is CCCCc1ccc(Nc2ncnc(N3CCC(C)CC3)c2N)cc1. The predicted molar refractivity (Wildman–Crippen MR) is 105 cm³/mol. The van der Waals surface area contributed by atoms with Gasteiger partial charge in [0, 0.05) is 18.8 Å². The molecule has 0 aliphatic carbocycles. The van der Waals surface area contributed by atoms with Crippen LogP contribution in [0.4, 0.5) is 23.0 Å². The van der Waals surface area contributed by atoms with Crippen molar-refractivity contribution >= 4 is 23.0 Å². The van der Waals surface area contributed by atoms with Gasteiger partial charge in [-0.05, 0) is 49.3 Å². The van der Waals surface area contributed by atoms with E-state index in [0.29, 0.717) is 11.5 Å². The molecule has 1 aliphatic heterocycles. The number of aryl methyl sites for hydroxylation is 1. The number of aromatic nitrogens is 2. The Kier molecular flexibility index (Phi) is 5.74. The summed E-state index contributed by atoms with van der Waals surface area (Å²) in [7, 11) is 0. The zero-order valence-corrected chi connectivity index (χ0v) is 15.3. The molecule has 0 bridgehead atoms. The topological polar surface area (TPSA) is 67.1 Å². The molecular weight excluding hydrogens is 310 g/mol. The molecule has 0 atom stereocenters. The number of anilines is 4. The van der Waals surface area contributed by atoms with Crippen LogP contribution in [0.5, 0.6) is 0 Å². The second-order valence-electron chi connectivity index (χ2n) is 7.05. The van der Waals surface area contributed by atoms with E-state index >= 15 is 0 Å². The minimum atomic E-state index is 0.632. The molecule has 5 nitrogen and oxygen atoms in total. The second-order valence-corrected chi connectivity index (χ2v) is 7.05. The Morgan fingerprint density at radius 2 is 1.88 bits per heavy atom. The molecule has 1 saturated heterocycles. The first-order chi connectivity index (χ1) is 12.2. The van der Waals surface area contributed by atoms with E-state index in [0.717, 1.165) is 36.9 Å². The molecule has 134 valence electrons. The van der Waals surface area contributed by atoms with Crippen LogP contribution < -0.4 is 16.0 Å². The molecule has 5 heteroatoms. The molecule has 1 fully saturated rings. The summed E-state index contributed by atoms with van der Waals surface area (Å²) in [6.07, 6.45) is 7.54. The molecule has 1 aromatic heterocycles. The molecule has 2 heterocycles. The summed E-state index contributed by atoms with van der Waals surface area (Å²) >= 11 is 0. The maximum absolute atomic E-state index is 6.36. The average molecular weight is 339 g/mol. The van der Waals surface area contributed by atoms with Crippen LogP contribution in [0.1, 0.15) is 45.1 Å². The maximum atomic E-state index is 6.36. The fraction of sp³-hybridized carbons (Fsp3) is 0.500. The Bertz CT molecular complexity index is 675. The Morgan fingerprint density at radius 3 is 2.56 bits per heavy atom. The summed E-state index contributed by atoms with van der Waals surface area (Å²) < 4.78 is 0. The van der Waals surface area contributed by atoms with Gasteiger partial charge in [0.15, 0.2) is 11.6 Å². The zero-order valence-electron chi connectivity index (χ0n) is 15.3. The van der Waals surface area contributed by atoms with E-state index in [4.69, 9.17) is 5.73 Å². The zero-order chi connectivity index (χ0) is 17.6. The van der Waals surface area contributed by atoms with E-state index in [2.05, 4.69) is 58.3 Å². The van der Waals surface area contributed by atoms with Gasteiger partial charge in [0.05, 0.1) is 0 Å². The van der Waals surface area contributed by atoms with Gasteiger partial charge in [-0.3, -0.25) is 0 Å². The molecule has 1 aliphatic rings. The highest BCUT2D eigenvalue weighted by Gasteiger charge is 2.20. The first-order valence-corrected chi connectivity index (χ1v) is 9.38. The normalized spacial score (nSPS) is 15.4. The number of nitrogens with zero attached hydrogens (tertiary/aromatic N) is 3. The Labute approximate surface area is 150 Å². The van der Waals surface area contributed by atoms with Crippen molar-refractivity contribution in [1.82, 2.24) is 9.97 Å². The summed E-state index contributed by atoms with van der Waals surface area (Å²) in [5.41, 5.74) is 9.37. The van der Waals surface area contributed by atoms with Gasteiger partial charge in [-0.15, -0.1) is 0 Å². The van der Waals surface area contributed by atoms with E-state index in [1.165, 1.54) is 31.2 Å². The van der Waals surface area contributed by atoms with Gasteiger partial charge in [-0.25, -0.2) is 9.97 Å². The van der Waals surface area contributed by atoms with Crippen molar-refractivity contribution in [3.63, 3.8) is 0 Å². The molecule has 0 amide bonds. The lowest BCUT2D eigenvalue weighted by molar-refractivity contribution is 0.437. The van der Waals surface area contributed by atoms with Crippen LogP contribution in [0.2, 0.25) is 0 Å². The minimum Gasteiger partial charge on any atom is -0.393 e. The van der Waals surface area contributed by atoms with E-state index in [-0.39, 0.29) is 0 Å². The highest BCUT2D eigenvalue weighted by atomic mass is 15.2. The van der Waals surface area contributed by atoms with Crippen LogP contribution in [0.15, 0.2) is 30.6 Å². The summed E-state index contributed by atoms with van der Waals surface area (Å²) in [5.74, 6) is 2.32. The molecular formula is C20H29N5. The number of hydrogen-bond donors (Lipinski definition) is 2. The molecule has 2 aromatic rings. The van der Waals surface area contributed by atoms with Crippen molar-refractivity contribution in [2.75, 3.05) is 29.0 Å². The molecule has 0 saturated carbocycles. The first-order valence-electron chi connectivity index (χ1n) is 9.38. The third-order valence-corrected chi connectivity index (χ3v) is 4.98. The van der Waals surface area contributed by atoms with Crippen LogP contribution >= 0.6 is 0 Å². The monoisotopic (exact) mass is 339 g/mol. The van der Waals surface area contributed by atoms with Crippen molar-refractivity contribution < 1.29 is 0 Å². The fourth-order valence-corrected chi connectivity index (χ4v) is 3.23. The molecule has 0 unspecified atom stereocenters. The smallest absolute Gasteiger partial charge is 0.159 e. The molecule has 25 heavy (non-hydrogen) atoms. The van der Waals surface area contributed by atoms with E-state index < -0.39 is 0 Å². The van der Waals surface area contributed by atoms with Crippen LogP contribution in [0.25, 0.3) is 0 Å². The quantitative estimate of drug-likeness (QED) is 0.817. The summed E-state index contributed by atoms with van der Waals surface area (Å²) in [5, 5.41) is 3.34. The lowest BCUT2D eigenvalue weighted by Crippen LogP contribution is -2.34. The molecule has 0 spiro atoms. The number of unbranched alkanes of at least 4 members (excludes halogenated alkanes) is 1. The first kappa shape index (κ1) is 17.5. The number of rotatable bonds is 6. The predicted octanol–water partition coefficient (Wildman–Crippen LogP) is 4.38. The van der Waals surface area contributed by atoms with Crippen molar-refractivity contribution in [1.29, 1.82) is 0 Å². The van der Waals surface area contributed by atoms with Gasteiger partial charge in [-0.1, -0.05) is 32.4 Å². The number of nitrogens with two attached hydrogens (primary N) is 1. The highest BCUT2D eigenvalue weighted by Crippen LogP contribution is 2.31. The van der Waals surface area contributed by atoms with Crippen LogP contribution in [0.3, 0.4) is 0 Å². The van der Waals surface area contributed by atoms with Crippen LogP contribution in [0, 0.1) is 5.92 Å². The standard InChI is InChI=1S/C20H29N5/c1-3-4-5-16-6-8-17(9-7-16)24-19-18(21)20(23-14-22-19)25-12-10-15(2)11-13-25/h6-9,14-15H,3-5,10-13,21H2,1-2H3,(H,22,23,24). The van der Waals surface area contributed by atoms with Gasteiger partial charge in [0.1, 0.15) is 12.0 Å². The number of nitrogen functional groups attached to an aromatic ring is 1. The average Bonchev–Trinajstić information content (AvgIpc) is 2.64. The van der Waals surface area contributed by atoms with Gasteiger partial charge in [0.25, 0.3) is 0 Å². The van der Waals surface area contributed by atoms with Crippen molar-refractivity contribution in [3.05, 3.63) is 36.2 Å². The van der Waals surface area contributed by atoms with Crippen molar-refractivity contribution in [2.45, 2.75) is 46.0 Å². The van der Waals surface area contributed by atoms with E-state index in [1.807, 2.05) is 0 Å². The fourth-order valence-electron chi connectivity index (χ4n) is 3.23. The van der Waals surface area contributed by atoms with Crippen molar-refractivity contribution in [2.24, 2.45) is 5.92 Å². The second kappa shape index (κ2) is 8.19. The van der Waals surface area contributed by atoms with E-state index in [9.17, 15) is 0 Å². The summed E-state index contributed by atoms with van der Waals surface area (Å²) in [6, 6.07) is 8.52. The molecule has 3 rings (SSSR count). The van der Waals surface area contributed by atoms with Crippen LogP contribution in [-0.2, 0) is 6.42 Å². The third kappa shape index (κ3) is 4.41. The van der Waals surface area contributed by atoms with Gasteiger partial charge in [-0.2, -0.15) is 0 Å². The van der Waals surface area contributed by atoms with Gasteiger partial charge in [0.2, 0.25) is 0 Å². The Morgan fingerprint density at radius 1 is 1.16 bits per heavy atom. The highest BCUT2D eigenvalue weighted by molar-refractivity contribution is 5.78. The Balaban J connectivity index is 1.71. The lowest BCUT2D eigenvalue weighted by atomic mass is 9.99. The maximum Gasteiger partial charge on any atom is 0.159 e. The third-order valence-electron chi connectivity index (χ3n) is 4.98.